The van der Waals surface area contributed by atoms with Crippen LogP contribution in [0.5, 0.6) is 5.88 Å². The van der Waals surface area contributed by atoms with Gasteiger partial charge in [0.15, 0.2) is 5.15 Å². The minimum atomic E-state index is 0.389. The number of fused-ring (bicyclic) bond motifs is 1. The van der Waals surface area contributed by atoms with Crippen molar-refractivity contribution in [3.05, 3.63) is 52.9 Å². The molecule has 0 bridgehead atoms. The molecule has 0 aliphatic carbocycles. The number of nitrogens with zero attached hydrogens (tertiary/aromatic N) is 2. The smallest absolute Gasteiger partial charge is 0.237 e. The predicted octanol–water partition coefficient (Wildman–Crippen LogP) is 3.31. The molecule has 1 aliphatic heterocycles. The average Bonchev–Trinajstić information content (AvgIpc) is 2.61. The largest absolute Gasteiger partial charge is 0.476 e. The molecule has 4 heteroatoms. The molecule has 1 unspecified atom stereocenters. The normalized spacial score (nSPS) is 18.3. The Kier molecular flexibility index (Phi) is 3.65. The summed E-state index contributed by atoms with van der Waals surface area (Å²) in [6.07, 6.45) is 4.56. The second-order valence-electron chi connectivity index (χ2n) is 4.84. The van der Waals surface area contributed by atoms with Crippen LogP contribution in [0.4, 0.5) is 0 Å². The van der Waals surface area contributed by atoms with Crippen LogP contribution >= 0.6 is 11.6 Å². The molecule has 0 spiro atoms. The summed E-state index contributed by atoms with van der Waals surface area (Å²) < 4.78 is 5.64. The Morgan fingerprint density at radius 1 is 1.26 bits per heavy atom. The van der Waals surface area contributed by atoms with Crippen LogP contribution in [0.25, 0.3) is 0 Å². The molecule has 3 nitrogen and oxygen atoms in total. The summed E-state index contributed by atoms with van der Waals surface area (Å²) in [5.41, 5.74) is 2.28. The van der Waals surface area contributed by atoms with E-state index in [1.807, 2.05) is 6.07 Å². The van der Waals surface area contributed by atoms with Crippen LogP contribution in [0, 0.1) is 5.92 Å². The highest BCUT2D eigenvalue weighted by molar-refractivity contribution is 6.29. The molecule has 3 rings (SSSR count). The molecule has 1 atom stereocenters. The topological polar surface area (TPSA) is 35.0 Å². The van der Waals surface area contributed by atoms with Crippen LogP contribution < -0.4 is 4.74 Å². The molecule has 0 N–H and O–H groups in total. The van der Waals surface area contributed by atoms with Gasteiger partial charge >= 0.3 is 0 Å². The molecule has 1 aliphatic rings. The Morgan fingerprint density at radius 3 is 2.95 bits per heavy atom. The number of hydrogen-bond donors (Lipinski definition) is 0. The Hall–Kier alpha value is -1.61. The van der Waals surface area contributed by atoms with Crippen molar-refractivity contribution in [2.45, 2.75) is 19.3 Å². The molecule has 0 saturated heterocycles. The molecular formula is C15H15ClN2O. The molecule has 1 aromatic heterocycles. The number of hydrogen-bond acceptors (Lipinski definition) is 3. The number of benzene rings is 1. The van der Waals surface area contributed by atoms with Gasteiger partial charge in [-0.25, -0.2) is 0 Å². The molecular weight excluding hydrogens is 260 g/mol. The first kappa shape index (κ1) is 12.4. The first-order valence-electron chi connectivity index (χ1n) is 6.49. The third kappa shape index (κ3) is 3.04. The van der Waals surface area contributed by atoms with E-state index in [4.69, 9.17) is 16.3 Å². The van der Waals surface area contributed by atoms with Gasteiger partial charge in [0.2, 0.25) is 5.88 Å². The van der Waals surface area contributed by atoms with Gasteiger partial charge in [-0.3, -0.25) is 4.98 Å². The highest BCUT2D eigenvalue weighted by atomic mass is 35.5. The van der Waals surface area contributed by atoms with Gasteiger partial charge in [-0.15, -0.1) is 0 Å². The minimum Gasteiger partial charge on any atom is -0.476 e. The molecule has 0 radical (unpaired) electrons. The average molecular weight is 275 g/mol. The van der Waals surface area contributed by atoms with E-state index in [1.54, 1.807) is 6.20 Å². The van der Waals surface area contributed by atoms with Crippen molar-refractivity contribution in [2.75, 3.05) is 6.61 Å². The zero-order valence-corrected chi connectivity index (χ0v) is 11.3. The molecule has 19 heavy (non-hydrogen) atoms. The van der Waals surface area contributed by atoms with E-state index < -0.39 is 0 Å². The van der Waals surface area contributed by atoms with Gasteiger partial charge in [-0.1, -0.05) is 41.9 Å². The van der Waals surface area contributed by atoms with Crippen molar-refractivity contribution < 1.29 is 4.74 Å². The SMILES string of the molecule is Clc1cnc2c(n1)OCCC(Cc1ccccc1)C2. The van der Waals surface area contributed by atoms with E-state index >= 15 is 0 Å². The van der Waals surface area contributed by atoms with Crippen molar-refractivity contribution in [2.24, 2.45) is 5.92 Å². The van der Waals surface area contributed by atoms with Crippen LogP contribution in [-0.4, -0.2) is 16.6 Å². The van der Waals surface area contributed by atoms with Gasteiger partial charge in [-0.2, -0.15) is 4.98 Å². The maximum Gasteiger partial charge on any atom is 0.237 e. The standard InChI is InChI=1S/C15H15ClN2O/c16-14-10-17-13-9-12(6-7-19-15(13)18-14)8-11-4-2-1-3-5-11/h1-5,10,12H,6-9H2. The number of ether oxygens (including phenoxy) is 1. The highest BCUT2D eigenvalue weighted by Crippen LogP contribution is 2.26. The minimum absolute atomic E-state index is 0.389. The maximum atomic E-state index is 5.84. The Labute approximate surface area is 117 Å². The summed E-state index contributed by atoms with van der Waals surface area (Å²) in [5, 5.41) is 0.389. The van der Waals surface area contributed by atoms with Crippen LogP contribution in [0.1, 0.15) is 17.7 Å². The summed E-state index contributed by atoms with van der Waals surface area (Å²) in [6, 6.07) is 10.5. The first-order chi connectivity index (χ1) is 9.31. The van der Waals surface area contributed by atoms with E-state index in [2.05, 4.69) is 34.2 Å². The summed E-state index contributed by atoms with van der Waals surface area (Å²) in [7, 11) is 0. The lowest BCUT2D eigenvalue weighted by molar-refractivity contribution is 0.285. The molecule has 0 amide bonds. The van der Waals surface area contributed by atoms with Crippen LogP contribution in [-0.2, 0) is 12.8 Å². The molecule has 1 aromatic carbocycles. The van der Waals surface area contributed by atoms with E-state index in [9.17, 15) is 0 Å². The fraction of sp³-hybridized carbons (Fsp3) is 0.333. The highest BCUT2D eigenvalue weighted by Gasteiger charge is 2.20. The summed E-state index contributed by atoms with van der Waals surface area (Å²) in [6.45, 7) is 0.680. The van der Waals surface area contributed by atoms with Gasteiger partial charge in [0.25, 0.3) is 0 Å². The molecule has 0 fully saturated rings. The zero-order valence-electron chi connectivity index (χ0n) is 10.6. The summed E-state index contributed by atoms with van der Waals surface area (Å²) in [5.74, 6) is 1.14. The van der Waals surface area contributed by atoms with Crippen molar-refractivity contribution in [3.8, 4) is 5.88 Å². The van der Waals surface area contributed by atoms with E-state index in [0.717, 1.165) is 25.0 Å². The van der Waals surface area contributed by atoms with Gasteiger partial charge < -0.3 is 4.74 Å². The van der Waals surface area contributed by atoms with Crippen LogP contribution in [0.15, 0.2) is 36.5 Å². The lowest BCUT2D eigenvalue weighted by atomic mass is 9.92. The summed E-state index contributed by atoms with van der Waals surface area (Å²) >= 11 is 5.84. The fourth-order valence-corrected chi connectivity index (χ4v) is 2.58. The lowest BCUT2D eigenvalue weighted by Crippen LogP contribution is -2.09. The Balaban J connectivity index is 1.77. The fourth-order valence-electron chi connectivity index (χ4n) is 2.45. The lowest BCUT2D eigenvalue weighted by Gasteiger charge is -2.12. The van der Waals surface area contributed by atoms with Crippen molar-refractivity contribution in [1.82, 2.24) is 9.97 Å². The van der Waals surface area contributed by atoms with Crippen molar-refractivity contribution in [1.29, 1.82) is 0 Å². The van der Waals surface area contributed by atoms with Gasteiger partial charge in [-0.05, 0) is 30.7 Å². The third-order valence-corrected chi connectivity index (χ3v) is 3.58. The molecule has 0 saturated carbocycles. The third-order valence-electron chi connectivity index (χ3n) is 3.40. The quantitative estimate of drug-likeness (QED) is 0.843. The van der Waals surface area contributed by atoms with E-state index in [1.165, 1.54) is 5.56 Å². The second-order valence-corrected chi connectivity index (χ2v) is 5.23. The first-order valence-corrected chi connectivity index (χ1v) is 6.87. The van der Waals surface area contributed by atoms with E-state index in [-0.39, 0.29) is 0 Å². The zero-order chi connectivity index (χ0) is 13.1. The van der Waals surface area contributed by atoms with Crippen molar-refractivity contribution in [3.63, 3.8) is 0 Å². The molecule has 2 aromatic rings. The van der Waals surface area contributed by atoms with Gasteiger partial charge in [0.1, 0.15) is 5.69 Å². The number of halogens is 1. The van der Waals surface area contributed by atoms with Crippen LogP contribution in [0.3, 0.4) is 0 Å². The Bertz CT molecular complexity index is 559. The maximum absolute atomic E-state index is 5.84. The van der Waals surface area contributed by atoms with Gasteiger partial charge in [0, 0.05) is 0 Å². The van der Waals surface area contributed by atoms with Gasteiger partial charge in [0.05, 0.1) is 12.8 Å². The number of aromatic nitrogens is 2. The Morgan fingerprint density at radius 2 is 2.11 bits per heavy atom. The monoisotopic (exact) mass is 274 g/mol. The summed E-state index contributed by atoms with van der Waals surface area (Å²) in [4.78, 5) is 8.55. The molecule has 2 heterocycles. The number of rotatable bonds is 2. The van der Waals surface area contributed by atoms with Crippen LogP contribution in [0.2, 0.25) is 5.15 Å². The second kappa shape index (κ2) is 5.57. The predicted molar refractivity (Wildman–Crippen MR) is 74.5 cm³/mol. The van der Waals surface area contributed by atoms with Crippen molar-refractivity contribution >= 4 is 11.6 Å². The molecule has 98 valence electrons. The van der Waals surface area contributed by atoms with E-state index in [0.29, 0.717) is 23.6 Å².